The Morgan fingerprint density at radius 1 is 1.12 bits per heavy atom. The molecular formula is C29H32N2O3. The van der Waals surface area contributed by atoms with Crippen LogP contribution in [0.15, 0.2) is 59.6 Å². The number of pyridine rings is 1. The van der Waals surface area contributed by atoms with E-state index in [1.165, 1.54) is 5.57 Å². The third-order valence-corrected chi connectivity index (χ3v) is 8.70. The average Bonchev–Trinajstić information content (AvgIpc) is 3.08. The van der Waals surface area contributed by atoms with Crippen LogP contribution in [0.4, 0.5) is 0 Å². The van der Waals surface area contributed by atoms with Gasteiger partial charge in [0.15, 0.2) is 5.78 Å². The van der Waals surface area contributed by atoms with E-state index in [1.54, 1.807) is 6.20 Å². The molecule has 6 rings (SSSR count). The number of fused-ring (bicyclic) bond motifs is 4. The number of Topliss-reactive ketones (excluding diaryl/α,β-unsaturated/α-hetero) is 2. The van der Waals surface area contributed by atoms with Gasteiger partial charge in [-0.15, -0.1) is 0 Å². The van der Waals surface area contributed by atoms with Crippen LogP contribution in [0.25, 0.3) is 10.8 Å². The smallest absolute Gasteiger partial charge is 0.166 e. The summed E-state index contributed by atoms with van der Waals surface area (Å²) in [4.78, 5) is 32.8. The highest BCUT2D eigenvalue weighted by Crippen LogP contribution is 2.60. The highest BCUT2D eigenvalue weighted by Gasteiger charge is 2.58. The lowest BCUT2D eigenvalue weighted by Gasteiger charge is -2.47. The van der Waals surface area contributed by atoms with Crippen molar-refractivity contribution in [3.8, 4) is 0 Å². The summed E-state index contributed by atoms with van der Waals surface area (Å²) in [5.74, 6) is 1.66. The minimum atomic E-state index is -0.158. The van der Waals surface area contributed by atoms with Crippen LogP contribution >= 0.6 is 0 Å². The number of benzene rings is 1. The molecule has 1 aliphatic heterocycles. The van der Waals surface area contributed by atoms with Crippen molar-refractivity contribution in [1.82, 2.24) is 9.88 Å². The Labute approximate surface area is 200 Å². The molecule has 176 valence electrons. The molecule has 0 spiro atoms. The van der Waals surface area contributed by atoms with Crippen molar-refractivity contribution in [1.29, 1.82) is 0 Å². The molecule has 3 aliphatic carbocycles. The maximum absolute atomic E-state index is 13.5. The van der Waals surface area contributed by atoms with Crippen LogP contribution in [0.3, 0.4) is 0 Å². The maximum Gasteiger partial charge on any atom is 0.166 e. The van der Waals surface area contributed by atoms with Crippen molar-refractivity contribution in [3.63, 3.8) is 0 Å². The summed E-state index contributed by atoms with van der Waals surface area (Å²) >= 11 is 0. The summed E-state index contributed by atoms with van der Waals surface area (Å²) < 4.78 is 6.67. The Morgan fingerprint density at radius 2 is 1.97 bits per heavy atom. The molecule has 1 unspecified atom stereocenters. The van der Waals surface area contributed by atoms with Gasteiger partial charge in [0.25, 0.3) is 0 Å². The van der Waals surface area contributed by atoms with Crippen LogP contribution in [-0.2, 0) is 14.3 Å². The van der Waals surface area contributed by atoms with E-state index < -0.39 is 0 Å². The molecule has 1 aromatic heterocycles. The van der Waals surface area contributed by atoms with Crippen LogP contribution in [0, 0.1) is 17.3 Å². The van der Waals surface area contributed by atoms with E-state index in [1.807, 2.05) is 26.4 Å². The van der Waals surface area contributed by atoms with Crippen molar-refractivity contribution < 1.29 is 14.3 Å². The van der Waals surface area contributed by atoms with Crippen LogP contribution in [0.5, 0.6) is 0 Å². The predicted octanol–water partition coefficient (Wildman–Crippen LogP) is 4.83. The minimum absolute atomic E-state index is 0.0977. The highest BCUT2D eigenvalue weighted by atomic mass is 16.5. The fourth-order valence-corrected chi connectivity index (χ4v) is 7.14. The SMILES string of the molecule is CN(C)CC1CC(=O)C2=C(C1)O[C@@H]1C(=C2)CC[C@]2(C)[C@@H](c3ccc4ccncc4c3)C(=O)C[C@@H]12. The summed E-state index contributed by atoms with van der Waals surface area (Å²) in [6, 6.07) is 8.39. The first-order valence-corrected chi connectivity index (χ1v) is 12.5. The molecular weight excluding hydrogens is 424 g/mol. The topological polar surface area (TPSA) is 59.5 Å². The Kier molecular flexibility index (Phi) is 5.03. The number of allylic oxidation sites excluding steroid dienone is 3. The van der Waals surface area contributed by atoms with E-state index in [2.05, 4.69) is 41.1 Å². The Hall–Kier alpha value is -2.79. The summed E-state index contributed by atoms with van der Waals surface area (Å²) in [6.45, 7) is 3.16. The number of hydrogen-bond donors (Lipinski definition) is 0. The predicted molar refractivity (Wildman–Crippen MR) is 131 cm³/mol. The van der Waals surface area contributed by atoms with Gasteiger partial charge >= 0.3 is 0 Å². The summed E-state index contributed by atoms with van der Waals surface area (Å²) in [6.07, 6.45) is 9.44. The van der Waals surface area contributed by atoms with Gasteiger partial charge in [0, 0.05) is 55.4 Å². The third-order valence-electron chi connectivity index (χ3n) is 8.70. The lowest BCUT2D eigenvalue weighted by molar-refractivity contribution is -0.120. The van der Waals surface area contributed by atoms with Gasteiger partial charge in [0.05, 0.1) is 5.57 Å². The van der Waals surface area contributed by atoms with Gasteiger partial charge in [-0.25, -0.2) is 0 Å². The fourth-order valence-electron chi connectivity index (χ4n) is 7.14. The lowest BCUT2D eigenvalue weighted by atomic mass is 9.61. The molecule has 0 saturated heterocycles. The van der Waals surface area contributed by atoms with Gasteiger partial charge in [0.2, 0.25) is 0 Å². The quantitative estimate of drug-likeness (QED) is 0.662. The molecule has 0 amide bonds. The number of nitrogens with zero attached hydrogens (tertiary/aromatic N) is 2. The first-order chi connectivity index (χ1) is 16.3. The molecule has 34 heavy (non-hydrogen) atoms. The Bertz CT molecular complexity index is 1260. The molecule has 1 aromatic carbocycles. The number of ketones is 2. The minimum Gasteiger partial charge on any atom is -0.489 e. The van der Waals surface area contributed by atoms with Gasteiger partial charge < -0.3 is 9.64 Å². The zero-order valence-corrected chi connectivity index (χ0v) is 20.2. The molecule has 2 aromatic rings. The highest BCUT2D eigenvalue weighted by molar-refractivity contribution is 6.00. The first kappa shape index (κ1) is 21.7. The van der Waals surface area contributed by atoms with E-state index in [0.717, 1.165) is 53.5 Å². The summed E-state index contributed by atoms with van der Waals surface area (Å²) in [7, 11) is 4.10. The molecule has 2 saturated carbocycles. The Balaban J connectivity index is 1.32. The second kappa shape index (κ2) is 7.88. The Morgan fingerprint density at radius 3 is 2.79 bits per heavy atom. The van der Waals surface area contributed by atoms with Gasteiger partial charge in [-0.1, -0.05) is 19.1 Å². The molecule has 2 heterocycles. The third kappa shape index (κ3) is 3.36. The van der Waals surface area contributed by atoms with E-state index in [4.69, 9.17) is 4.74 Å². The molecule has 5 atom stereocenters. The normalized spacial score (nSPS) is 32.9. The fraction of sp³-hybridized carbons (Fsp3) is 0.483. The number of rotatable bonds is 3. The van der Waals surface area contributed by atoms with Crippen molar-refractivity contribution in [3.05, 3.63) is 65.2 Å². The lowest BCUT2D eigenvalue weighted by Crippen LogP contribution is -2.44. The standard InChI is InChI=1S/C29H32N2O3/c1-29-8-6-20-13-22-24(32)10-17(16-31(2)3)11-26(22)34-28(20)23(29)14-25(33)27(29)19-5-4-18-7-9-30-15-21(18)12-19/h4-5,7,9,12-13,15,17,23,27-28H,6,8,10-11,14,16H2,1-3H3/t17?,23-,27-,28+,29-/m0/s1. The molecule has 5 heteroatoms. The zero-order valence-electron chi connectivity index (χ0n) is 20.2. The van der Waals surface area contributed by atoms with Gasteiger partial charge in [-0.3, -0.25) is 14.6 Å². The molecule has 5 nitrogen and oxygen atoms in total. The van der Waals surface area contributed by atoms with Crippen LogP contribution < -0.4 is 0 Å². The van der Waals surface area contributed by atoms with E-state index in [0.29, 0.717) is 18.6 Å². The second-order valence-corrected chi connectivity index (χ2v) is 11.3. The monoisotopic (exact) mass is 456 g/mol. The number of aromatic nitrogens is 1. The van der Waals surface area contributed by atoms with Crippen LogP contribution in [-0.4, -0.2) is 48.2 Å². The molecule has 0 radical (unpaired) electrons. The van der Waals surface area contributed by atoms with E-state index in [9.17, 15) is 9.59 Å². The number of carbonyl (C=O) groups is 2. The van der Waals surface area contributed by atoms with Crippen molar-refractivity contribution in [2.45, 2.75) is 51.0 Å². The van der Waals surface area contributed by atoms with Gasteiger partial charge in [-0.2, -0.15) is 0 Å². The molecule has 4 aliphatic rings. The first-order valence-electron chi connectivity index (χ1n) is 12.5. The van der Waals surface area contributed by atoms with Crippen molar-refractivity contribution in [2.75, 3.05) is 20.6 Å². The van der Waals surface area contributed by atoms with Crippen molar-refractivity contribution in [2.24, 2.45) is 17.3 Å². The van der Waals surface area contributed by atoms with Gasteiger partial charge in [-0.05, 0) is 73.0 Å². The number of carbonyl (C=O) groups excluding carboxylic acids is 2. The van der Waals surface area contributed by atoms with E-state index in [-0.39, 0.29) is 35.1 Å². The van der Waals surface area contributed by atoms with Gasteiger partial charge in [0.1, 0.15) is 17.6 Å². The number of ether oxygens (including phenoxy) is 1. The van der Waals surface area contributed by atoms with E-state index >= 15 is 0 Å². The average molecular weight is 457 g/mol. The zero-order chi connectivity index (χ0) is 23.6. The molecule has 0 N–H and O–H groups in total. The molecule has 2 fully saturated rings. The van der Waals surface area contributed by atoms with Crippen LogP contribution in [0.2, 0.25) is 0 Å². The summed E-state index contributed by atoms with van der Waals surface area (Å²) in [5.41, 5.74) is 2.93. The number of hydrogen-bond acceptors (Lipinski definition) is 5. The summed E-state index contributed by atoms with van der Waals surface area (Å²) in [5, 5.41) is 2.22. The largest absolute Gasteiger partial charge is 0.489 e. The van der Waals surface area contributed by atoms with Crippen LogP contribution in [0.1, 0.15) is 50.5 Å². The maximum atomic E-state index is 13.5. The molecule has 0 bridgehead atoms. The second-order valence-electron chi connectivity index (χ2n) is 11.3. The van der Waals surface area contributed by atoms with Crippen molar-refractivity contribution >= 4 is 22.3 Å².